The first kappa shape index (κ1) is 40.0. The molecule has 9 nitrogen and oxygen atoms in total. The van der Waals surface area contributed by atoms with E-state index in [1.165, 1.54) is 96.3 Å². The first-order valence-electron chi connectivity index (χ1n) is 16.5. The van der Waals surface area contributed by atoms with Gasteiger partial charge >= 0.3 is 13.8 Å². The molecule has 1 atom stereocenters. The summed E-state index contributed by atoms with van der Waals surface area (Å²) in [6.45, 7) is 4.03. The quantitative estimate of drug-likeness (QED) is 0.0296. The van der Waals surface area contributed by atoms with Crippen LogP contribution in [0, 0.1) is 0 Å². The zero-order valence-electron chi connectivity index (χ0n) is 26.0. The summed E-state index contributed by atoms with van der Waals surface area (Å²) in [5.74, 6) is -0.338. The van der Waals surface area contributed by atoms with E-state index in [2.05, 4.69) is 16.8 Å². The Bertz CT molecular complexity index is 631. The summed E-state index contributed by atoms with van der Waals surface area (Å²) in [6.07, 6.45) is 25.7. The second-order valence-corrected chi connectivity index (χ2v) is 12.5. The number of hydrogen-bond donors (Lipinski definition) is 3. The van der Waals surface area contributed by atoms with Crippen LogP contribution in [0.15, 0.2) is 0 Å². The summed E-state index contributed by atoms with van der Waals surface area (Å²) in [6, 6.07) is 0. The predicted molar refractivity (Wildman–Crippen MR) is 165 cm³/mol. The summed E-state index contributed by atoms with van der Waals surface area (Å²) < 4.78 is 25.9. The number of ether oxygens (including phenoxy) is 2. The molecule has 10 heteroatoms. The molecule has 0 saturated carbocycles. The van der Waals surface area contributed by atoms with Gasteiger partial charge in [0.1, 0.15) is 6.10 Å². The molecule has 0 heterocycles. The van der Waals surface area contributed by atoms with E-state index < -0.39 is 13.9 Å². The molecule has 0 bridgehead atoms. The first-order valence-corrected chi connectivity index (χ1v) is 18.1. The minimum absolute atomic E-state index is 0.313. The molecule has 244 valence electrons. The number of rotatable bonds is 33. The van der Waals surface area contributed by atoms with Gasteiger partial charge in [-0.3, -0.25) is 14.1 Å². The molecule has 0 aromatic carbocycles. The van der Waals surface area contributed by atoms with Crippen LogP contribution in [0.4, 0.5) is 0 Å². The number of unbranched alkanes of at least 4 members (excludes halogenated alkanes) is 20. The zero-order chi connectivity index (χ0) is 30.3. The van der Waals surface area contributed by atoms with Gasteiger partial charge in [-0.25, -0.2) is 4.57 Å². The SMILES string of the molecule is CCCCCCCCCCCCC(=O)O[C@@H](CNCCCCCCCCCCCCCCOC=O)COP(=O)(O)O. The average molecular weight is 608 g/mol. The van der Waals surface area contributed by atoms with Gasteiger partial charge in [-0.1, -0.05) is 129 Å². The Hall–Kier alpha value is -0.990. The van der Waals surface area contributed by atoms with E-state index in [1.807, 2.05) is 0 Å². The molecule has 0 aliphatic carbocycles. The molecular formula is C31H62NO8P. The fourth-order valence-corrected chi connectivity index (χ4v) is 5.19. The number of phosphoric acid groups is 1. The summed E-state index contributed by atoms with van der Waals surface area (Å²) in [4.78, 5) is 40.4. The van der Waals surface area contributed by atoms with Crippen LogP contribution in [0.5, 0.6) is 0 Å². The van der Waals surface area contributed by atoms with E-state index >= 15 is 0 Å². The third-order valence-corrected chi connectivity index (χ3v) is 7.75. The first-order chi connectivity index (χ1) is 19.9. The van der Waals surface area contributed by atoms with Crippen molar-refractivity contribution >= 4 is 20.3 Å². The van der Waals surface area contributed by atoms with Gasteiger partial charge in [0.15, 0.2) is 0 Å². The molecule has 0 saturated heterocycles. The van der Waals surface area contributed by atoms with Crippen molar-refractivity contribution < 1.29 is 37.9 Å². The highest BCUT2D eigenvalue weighted by atomic mass is 31.2. The van der Waals surface area contributed by atoms with Gasteiger partial charge in [0.05, 0.1) is 13.2 Å². The number of carbonyl (C=O) groups is 2. The molecule has 0 fully saturated rings. The molecular weight excluding hydrogens is 545 g/mol. The number of phosphoric ester groups is 1. The van der Waals surface area contributed by atoms with Gasteiger partial charge in [-0.2, -0.15) is 0 Å². The molecule has 0 aromatic heterocycles. The second-order valence-electron chi connectivity index (χ2n) is 11.2. The van der Waals surface area contributed by atoms with Crippen LogP contribution in [0.2, 0.25) is 0 Å². The third-order valence-electron chi connectivity index (χ3n) is 7.27. The molecule has 0 unspecified atom stereocenters. The minimum Gasteiger partial charge on any atom is -0.468 e. The van der Waals surface area contributed by atoms with E-state index in [9.17, 15) is 14.2 Å². The van der Waals surface area contributed by atoms with Crippen LogP contribution in [0.1, 0.15) is 155 Å². The lowest BCUT2D eigenvalue weighted by atomic mass is 10.1. The summed E-state index contributed by atoms with van der Waals surface area (Å²) in [7, 11) is -4.62. The highest BCUT2D eigenvalue weighted by molar-refractivity contribution is 7.46. The van der Waals surface area contributed by atoms with Gasteiger partial charge in [0.25, 0.3) is 6.47 Å². The Morgan fingerprint density at radius 1 is 0.732 bits per heavy atom. The Morgan fingerprint density at radius 2 is 1.20 bits per heavy atom. The van der Waals surface area contributed by atoms with Crippen molar-refractivity contribution in [2.75, 3.05) is 26.3 Å². The van der Waals surface area contributed by atoms with Gasteiger partial charge < -0.3 is 24.6 Å². The van der Waals surface area contributed by atoms with Crippen LogP contribution in [0.25, 0.3) is 0 Å². The zero-order valence-corrected chi connectivity index (χ0v) is 26.9. The number of nitrogens with one attached hydrogen (secondary N) is 1. The lowest BCUT2D eigenvalue weighted by molar-refractivity contribution is -0.150. The lowest BCUT2D eigenvalue weighted by Gasteiger charge is -2.19. The second kappa shape index (κ2) is 30.5. The van der Waals surface area contributed by atoms with Crippen molar-refractivity contribution in [3.05, 3.63) is 0 Å². The van der Waals surface area contributed by atoms with E-state index in [-0.39, 0.29) is 12.6 Å². The summed E-state index contributed by atoms with van der Waals surface area (Å²) in [5, 5.41) is 3.25. The number of carbonyl (C=O) groups excluding carboxylic acids is 2. The van der Waals surface area contributed by atoms with E-state index in [1.54, 1.807) is 0 Å². The Labute approximate surface area is 250 Å². The van der Waals surface area contributed by atoms with Gasteiger partial charge in [-0.05, 0) is 25.8 Å². The molecule has 0 amide bonds. The van der Waals surface area contributed by atoms with E-state index in [4.69, 9.17) is 19.3 Å². The Morgan fingerprint density at radius 3 is 1.68 bits per heavy atom. The molecule has 3 N–H and O–H groups in total. The molecule has 0 radical (unpaired) electrons. The van der Waals surface area contributed by atoms with Gasteiger partial charge in [-0.15, -0.1) is 0 Å². The fraction of sp³-hybridized carbons (Fsp3) is 0.935. The van der Waals surface area contributed by atoms with Crippen molar-refractivity contribution in [1.29, 1.82) is 0 Å². The average Bonchev–Trinajstić information content (AvgIpc) is 2.93. The molecule has 0 rings (SSSR count). The largest absolute Gasteiger partial charge is 0.469 e. The fourth-order valence-electron chi connectivity index (χ4n) is 4.83. The summed E-state index contributed by atoms with van der Waals surface area (Å²) in [5.41, 5.74) is 0. The van der Waals surface area contributed by atoms with E-state index in [0.29, 0.717) is 26.0 Å². The van der Waals surface area contributed by atoms with Gasteiger partial charge in [0, 0.05) is 13.0 Å². The monoisotopic (exact) mass is 607 g/mol. The van der Waals surface area contributed by atoms with Crippen LogP contribution in [-0.4, -0.2) is 54.6 Å². The van der Waals surface area contributed by atoms with E-state index in [0.717, 1.165) is 51.5 Å². The summed E-state index contributed by atoms with van der Waals surface area (Å²) >= 11 is 0. The van der Waals surface area contributed by atoms with Crippen LogP contribution < -0.4 is 5.32 Å². The van der Waals surface area contributed by atoms with Crippen molar-refractivity contribution in [3.63, 3.8) is 0 Å². The Kier molecular flexibility index (Phi) is 29.7. The Balaban J connectivity index is 3.80. The standard InChI is InChI=1S/C31H62NO8P/c1-2-3-4-5-6-7-12-15-18-21-24-31(34)40-30(28-39-41(35,36)37)27-32-25-22-19-16-13-10-8-9-11-14-17-20-23-26-38-29-33/h29-30,32H,2-28H2,1H3,(H2,35,36,37)/t30-/m0/s1. The maximum absolute atomic E-state index is 12.3. The molecule has 0 aliphatic heterocycles. The van der Waals surface area contributed by atoms with Crippen molar-refractivity contribution in [3.8, 4) is 0 Å². The van der Waals surface area contributed by atoms with Crippen LogP contribution >= 0.6 is 7.82 Å². The smallest absolute Gasteiger partial charge is 0.468 e. The maximum atomic E-state index is 12.3. The van der Waals surface area contributed by atoms with Crippen molar-refractivity contribution in [2.24, 2.45) is 0 Å². The number of hydrogen-bond acceptors (Lipinski definition) is 7. The highest BCUT2D eigenvalue weighted by Crippen LogP contribution is 2.35. The van der Waals surface area contributed by atoms with Crippen LogP contribution in [0.3, 0.4) is 0 Å². The predicted octanol–water partition coefficient (Wildman–Crippen LogP) is 7.76. The normalized spacial score (nSPS) is 12.4. The van der Waals surface area contributed by atoms with Crippen molar-refractivity contribution in [2.45, 2.75) is 161 Å². The molecule has 0 aliphatic rings. The lowest BCUT2D eigenvalue weighted by Crippen LogP contribution is -2.35. The molecule has 0 aromatic rings. The molecule has 0 spiro atoms. The molecule has 41 heavy (non-hydrogen) atoms. The van der Waals surface area contributed by atoms with Crippen molar-refractivity contribution in [1.82, 2.24) is 5.32 Å². The minimum atomic E-state index is -4.62. The third kappa shape index (κ3) is 33.4. The maximum Gasteiger partial charge on any atom is 0.469 e. The highest BCUT2D eigenvalue weighted by Gasteiger charge is 2.21. The number of esters is 1. The van der Waals surface area contributed by atoms with Gasteiger partial charge in [0.2, 0.25) is 0 Å². The van der Waals surface area contributed by atoms with Crippen LogP contribution in [-0.2, 0) is 28.2 Å². The topological polar surface area (TPSA) is 131 Å².